The fourth-order valence-electron chi connectivity index (χ4n) is 4.75. The molecule has 0 radical (unpaired) electrons. The molecule has 1 aliphatic heterocycles. The first-order valence-electron chi connectivity index (χ1n) is 11.9. The Kier molecular flexibility index (Phi) is 7.29. The van der Waals surface area contributed by atoms with Crippen molar-refractivity contribution in [3.8, 4) is 0 Å². The van der Waals surface area contributed by atoms with Crippen molar-refractivity contribution in [1.82, 2.24) is 30.0 Å². The van der Waals surface area contributed by atoms with Gasteiger partial charge in [-0.25, -0.2) is 0 Å². The lowest BCUT2D eigenvalue weighted by molar-refractivity contribution is -0.130. The predicted octanol–water partition coefficient (Wildman–Crippen LogP) is 2.63. The molecule has 0 bridgehead atoms. The van der Waals surface area contributed by atoms with Crippen molar-refractivity contribution in [1.29, 1.82) is 0 Å². The number of anilines is 2. The zero-order valence-electron chi connectivity index (χ0n) is 20.7. The zero-order valence-corrected chi connectivity index (χ0v) is 20.7. The van der Waals surface area contributed by atoms with Crippen LogP contribution >= 0.6 is 0 Å². The minimum absolute atomic E-state index is 0.0818. The molecule has 0 saturated carbocycles. The van der Waals surface area contributed by atoms with E-state index in [2.05, 4.69) is 35.7 Å². The summed E-state index contributed by atoms with van der Waals surface area (Å²) in [4.78, 5) is 29.0. The molecule has 12 heteroatoms. The number of nitrogens with one attached hydrogen (secondary N) is 2. The average Bonchev–Trinajstić information content (AvgIpc) is 3.54. The molecule has 4 heterocycles. The normalized spacial score (nSPS) is 17.1. The van der Waals surface area contributed by atoms with Crippen LogP contribution in [0.1, 0.15) is 56.3 Å². The SMILES string of the molecule is CC[C@H](C(=O)Nc1cc(C)on1)N([C@@H]1CCc2nnc(C)n2C1)[C@@H](CC)C(=O)Nc1cc(C)on1. The molecule has 3 aromatic heterocycles. The van der Waals surface area contributed by atoms with Gasteiger partial charge in [0.05, 0.1) is 12.1 Å². The molecule has 35 heavy (non-hydrogen) atoms. The average molecular weight is 485 g/mol. The Balaban J connectivity index is 1.65. The van der Waals surface area contributed by atoms with Gasteiger partial charge in [-0.15, -0.1) is 10.2 Å². The van der Waals surface area contributed by atoms with Crippen molar-refractivity contribution in [3.05, 3.63) is 35.3 Å². The third kappa shape index (κ3) is 5.26. The van der Waals surface area contributed by atoms with Crippen LogP contribution < -0.4 is 10.6 Å². The number of nitrogens with zero attached hydrogens (tertiary/aromatic N) is 6. The molecule has 2 amide bonds. The van der Waals surface area contributed by atoms with Gasteiger partial charge in [0, 0.05) is 31.1 Å². The smallest absolute Gasteiger partial charge is 0.242 e. The second-order valence-corrected chi connectivity index (χ2v) is 8.89. The van der Waals surface area contributed by atoms with Crippen LogP contribution in [0.4, 0.5) is 11.6 Å². The van der Waals surface area contributed by atoms with Crippen LogP contribution in [0.2, 0.25) is 0 Å². The van der Waals surface area contributed by atoms with Crippen LogP contribution in [0.15, 0.2) is 21.2 Å². The predicted molar refractivity (Wildman–Crippen MR) is 127 cm³/mol. The van der Waals surface area contributed by atoms with Crippen LogP contribution in [0, 0.1) is 20.8 Å². The topological polar surface area (TPSA) is 144 Å². The first kappa shape index (κ1) is 24.6. The third-order valence-electron chi connectivity index (χ3n) is 6.39. The van der Waals surface area contributed by atoms with Crippen molar-refractivity contribution in [2.75, 3.05) is 10.6 Å². The van der Waals surface area contributed by atoms with E-state index in [1.54, 1.807) is 26.0 Å². The van der Waals surface area contributed by atoms with Gasteiger partial charge in [0.25, 0.3) is 0 Å². The molecule has 12 nitrogen and oxygen atoms in total. The maximum absolute atomic E-state index is 13.5. The molecule has 0 saturated heterocycles. The highest BCUT2D eigenvalue weighted by molar-refractivity contribution is 5.97. The number of hydrogen-bond acceptors (Lipinski definition) is 9. The van der Waals surface area contributed by atoms with E-state index in [4.69, 9.17) is 9.05 Å². The van der Waals surface area contributed by atoms with Gasteiger partial charge >= 0.3 is 0 Å². The summed E-state index contributed by atoms with van der Waals surface area (Å²) in [7, 11) is 0. The summed E-state index contributed by atoms with van der Waals surface area (Å²) in [6.07, 6.45) is 2.46. The van der Waals surface area contributed by atoms with Crippen LogP contribution in [0.25, 0.3) is 0 Å². The molecule has 0 fully saturated rings. The zero-order chi connectivity index (χ0) is 25.1. The molecule has 0 spiro atoms. The summed E-state index contributed by atoms with van der Waals surface area (Å²) in [6, 6.07) is 2.09. The van der Waals surface area contributed by atoms with Gasteiger partial charge in [-0.3, -0.25) is 14.5 Å². The quantitative estimate of drug-likeness (QED) is 0.468. The van der Waals surface area contributed by atoms with Crippen molar-refractivity contribution >= 4 is 23.5 Å². The Hall–Kier alpha value is -3.54. The third-order valence-corrected chi connectivity index (χ3v) is 6.39. The van der Waals surface area contributed by atoms with Gasteiger partial charge < -0.3 is 24.2 Å². The molecular formula is C23H32N8O4. The first-order valence-corrected chi connectivity index (χ1v) is 11.9. The molecule has 0 aliphatic carbocycles. The van der Waals surface area contributed by atoms with E-state index in [0.717, 1.165) is 18.1 Å². The van der Waals surface area contributed by atoms with Crippen LogP contribution in [-0.2, 0) is 22.6 Å². The van der Waals surface area contributed by atoms with Gasteiger partial charge in [0.15, 0.2) is 11.6 Å². The highest BCUT2D eigenvalue weighted by Crippen LogP contribution is 2.27. The minimum Gasteiger partial charge on any atom is -0.360 e. The monoisotopic (exact) mass is 484 g/mol. The van der Waals surface area contributed by atoms with E-state index in [0.29, 0.717) is 49.0 Å². The Morgan fingerprint density at radius 3 is 2.00 bits per heavy atom. The van der Waals surface area contributed by atoms with Crippen LogP contribution in [0.5, 0.6) is 0 Å². The molecule has 4 rings (SSSR count). The number of hydrogen-bond donors (Lipinski definition) is 2. The Morgan fingerprint density at radius 2 is 1.54 bits per heavy atom. The van der Waals surface area contributed by atoms with E-state index in [1.807, 2.05) is 25.7 Å². The number of carbonyl (C=O) groups is 2. The van der Waals surface area contributed by atoms with E-state index >= 15 is 0 Å². The highest BCUT2D eigenvalue weighted by Gasteiger charge is 2.40. The minimum atomic E-state index is -0.579. The summed E-state index contributed by atoms with van der Waals surface area (Å²) in [5.74, 6) is 3.15. The number of fused-ring (bicyclic) bond motifs is 1. The number of aromatic nitrogens is 5. The number of amides is 2. The lowest BCUT2D eigenvalue weighted by atomic mass is 9.97. The maximum atomic E-state index is 13.5. The number of aryl methyl sites for hydroxylation is 4. The van der Waals surface area contributed by atoms with E-state index < -0.39 is 12.1 Å². The van der Waals surface area contributed by atoms with Crippen molar-refractivity contribution in [3.63, 3.8) is 0 Å². The van der Waals surface area contributed by atoms with Crippen LogP contribution in [-0.4, -0.2) is 59.9 Å². The lowest BCUT2D eigenvalue weighted by Crippen LogP contribution is -2.59. The van der Waals surface area contributed by atoms with Gasteiger partial charge in [-0.2, -0.15) is 0 Å². The fourth-order valence-corrected chi connectivity index (χ4v) is 4.75. The van der Waals surface area contributed by atoms with Crippen LogP contribution in [0.3, 0.4) is 0 Å². The molecule has 1 aliphatic rings. The summed E-state index contributed by atoms with van der Waals surface area (Å²) < 4.78 is 12.3. The number of rotatable bonds is 9. The van der Waals surface area contributed by atoms with Gasteiger partial charge in [-0.1, -0.05) is 24.2 Å². The summed E-state index contributed by atoms with van der Waals surface area (Å²) in [5, 5.41) is 22.0. The summed E-state index contributed by atoms with van der Waals surface area (Å²) >= 11 is 0. The van der Waals surface area contributed by atoms with Gasteiger partial charge in [0.1, 0.15) is 23.2 Å². The molecule has 0 aromatic carbocycles. The molecule has 0 unspecified atom stereocenters. The second kappa shape index (κ2) is 10.4. The fraction of sp³-hybridized carbons (Fsp3) is 0.565. The second-order valence-electron chi connectivity index (χ2n) is 8.89. The number of carbonyl (C=O) groups excluding carboxylic acids is 2. The first-order chi connectivity index (χ1) is 16.8. The van der Waals surface area contributed by atoms with Crippen molar-refractivity contribution < 1.29 is 18.6 Å². The lowest BCUT2D eigenvalue weighted by Gasteiger charge is -2.43. The summed E-state index contributed by atoms with van der Waals surface area (Å²) in [5.41, 5.74) is 0. The molecule has 3 atom stereocenters. The maximum Gasteiger partial charge on any atom is 0.242 e. The van der Waals surface area contributed by atoms with E-state index in [1.165, 1.54) is 0 Å². The van der Waals surface area contributed by atoms with Gasteiger partial charge in [0.2, 0.25) is 11.8 Å². The Bertz CT molecular complexity index is 1120. The van der Waals surface area contributed by atoms with Crippen molar-refractivity contribution in [2.24, 2.45) is 0 Å². The van der Waals surface area contributed by atoms with Crippen molar-refractivity contribution in [2.45, 2.75) is 85.0 Å². The molecular weight excluding hydrogens is 452 g/mol. The largest absolute Gasteiger partial charge is 0.360 e. The standard InChI is InChI=1S/C23H32N8O4/c1-6-17(22(32)24-19-10-13(3)34-28-19)31(16-8-9-21-27-26-15(5)30(21)12-16)18(7-2)23(33)25-20-11-14(4)35-29-20/h10-11,16-18H,6-9,12H2,1-5H3,(H,24,28,32)(H,25,29,33)/t16-,17-,18+/m1/s1. The Labute approximate surface area is 203 Å². The van der Waals surface area contributed by atoms with E-state index in [-0.39, 0.29) is 17.9 Å². The summed E-state index contributed by atoms with van der Waals surface area (Å²) in [6.45, 7) is 9.90. The highest BCUT2D eigenvalue weighted by atomic mass is 16.5. The van der Waals surface area contributed by atoms with E-state index in [9.17, 15) is 9.59 Å². The Morgan fingerprint density at radius 1 is 1.00 bits per heavy atom. The van der Waals surface area contributed by atoms with Gasteiger partial charge in [-0.05, 0) is 40.0 Å². The molecule has 188 valence electrons. The molecule has 3 aromatic rings. The molecule has 2 N–H and O–H groups in total.